The van der Waals surface area contributed by atoms with Crippen LogP contribution in [0.25, 0.3) is 11.0 Å². The van der Waals surface area contributed by atoms with E-state index < -0.39 is 10.0 Å². The van der Waals surface area contributed by atoms with Crippen LogP contribution in [-0.2, 0) is 28.4 Å². The molecule has 1 saturated heterocycles. The van der Waals surface area contributed by atoms with E-state index in [9.17, 15) is 8.42 Å². The molecular weight excluding hydrogens is 380 g/mol. The van der Waals surface area contributed by atoms with Crippen LogP contribution in [0, 0.1) is 0 Å². The van der Waals surface area contributed by atoms with Crippen molar-refractivity contribution in [1.82, 2.24) is 20.1 Å². The van der Waals surface area contributed by atoms with Crippen LogP contribution in [0.5, 0.6) is 0 Å². The molecule has 0 aliphatic carbocycles. The molecule has 10 heteroatoms. The van der Waals surface area contributed by atoms with E-state index in [4.69, 9.17) is 14.9 Å². The lowest BCUT2D eigenvalue weighted by Crippen LogP contribution is -2.33. The molecule has 4 N–H and O–H groups in total. The van der Waals surface area contributed by atoms with Crippen molar-refractivity contribution in [2.45, 2.75) is 17.5 Å². The molecule has 3 heterocycles. The van der Waals surface area contributed by atoms with Gasteiger partial charge in [0.05, 0.1) is 28.8 Å². The minimum absolute atomic E-state index is 0.0963. The lowest BCUT2D eigenvalue weighted by Gasteiger charge is -2.23. The summed E-state index contributed by atoms with van der Waals surface area (Å²) in [6.07, 6.45) is 1.67. The fraction of sp³-hybridized carbons (Fsp3) is 0.333. The number of pyridine rings is 1. The first-order valence-electron chi connectivity index (χ1n) is 8.92. The normalized spacial score (nSPS) is 17.7. The summed E-state index contributed by atoms with van der Waals surface area (Å²) in [5.41, 5.74) is 3.45. The van der Waals surface area contributed by atoms with E-state index in [-0.39, 0.29) is 11.0 Å². The minimum Gasteiger partial charge on any atom is -0.380 e. The number of aromatic nitrogens is 3. The summed E-state index contributed by atoms with van der Waals surface area (Å²) < 4.78 is 30.4. The van der Waals surface area contributed by atoms with E-state index in [0.29, 0.717) is 19.7 Å². The second kappa shape index (κ2) is 7.47. The van der Waals surface area contributed by atoms with E-state index >= 15 is 0 Å². The van der Waals surface area contributed by atoms with Crippen molar-refractivity contribution < 1.29 is 13.2 Å². The summed E-state index contributed by atoms with van der Waals surface area (Å²) in [6.45, 7) is 2.71. The highest BCUT2D eigenvalue weighted by Crippen LogP contribution is 2.28. The van der Waals surface area contributed by atoms with E-state index in [2.05, 4.69) is 15.7 Å². The Hall–Kier alpha value is -2.53. The fourth-order valence-electron chi connectivity index (χ4n) is 3.19. The van der Waals surface area contributed by atoms with Crippen LogP contribution in [-0.4, -0.2) is 42.9 Å². The van der Waals surface area contributed by atoms with E-state index in [0.717, 1.165) is 34.5 Å². The summed E-state index contributed by atoms with van der Waals surface area (Å²) in [5.74, 6) is 0. The highest BCUT2D eigenvalue weighted by atomic mass is 32.2. The number of nitrogens with two attached hydrogens (primary N) is 1. The second-order valence-corrected chi connectivity index (χ2v) is 8.27. The molecule has 0 spiro atoms. The molecule has 4 rings (SSSR count). The Labute approximate surface area is 162 Å². The van der Waals surface area contributed by atoms with Crippen LogP contribution in [0.3, 0.4) is 0 Å². The molecule has 1 aromatic carbocycles. The van der Waals surface area contributed by atoms with E-state index in [1.54, 1.807) is 23.0 Å². The van der Waals surface area contributed by atoms with Crippen LogP contribution >= 0.6 is 0 Å². The number of benzene rings is 1. The predicted octanol–water partition coefficient (Wildman–Crippen LogP) is 0.889. The standard InChI is InChI=1S/C18H22N6O3S/c1-24-18-14(10-22-24)15(8-16(23-18)17-11-20-6-7-27-17)21-9-12-2-4-13(5-3-12)28(19,25)26/h2-5,8,10,17,20H,6-7,9,11H2,1H3,(H,21,23)(H2,19,25,26). The number of nitrogens with one attached hydrogen (secondary N) is 2. The Morgan fingerprint density at radius 2 is 2.14 bits per heavy atom. The smallest absolute Gasteiger partial charge is 0.238 e. The molecule has 1 fully saturated rings. The van der Waals surface area contributed by atoms with Gasteiger partial charge < -0.3 is 15.4 Å². The Morgan fingerprint density at radius 3 is 2.82 bits per heavy atom. The SMILES string of the molecule is Cn1ncc2c(NCc3ccc(S(N)(=O)=O)cc3)cc(C3CNCCO3)nc21. The average Bonchev–Trinajstić information content (AvgIpc) is 3.07. The summed E-state index contributed by atoms with van der Waals surface area (Å²) in [5, 5.41) is 17.1. The van der Waals surface area contributed by atoms with Gasteiger partial charge in [0.15, 0.2) is 5.65 Å². The average molecular weight is 402 g/mol. The third kappa shape index (κ3) is 3.85. The molecule has 1 aliphatic rings. The highest BCUT2D eigenvalue weighted by Gasteiger charge is 2.20. The monoisotopic (exact) mass is 402 g/mol. The fourth-order valence-corrected chi connectivity index (χ4v) is 3.71. The number of ether oxygens (including phenoxy) is 1. The third-order valence-corrected chi connectivity index (χ3v) is 5.65. The molecule has 148 valence electrons. The minimum atomic E-state index is -3.69. The zero-order chi connectivity index (χ0) is 19.7. The van der Waals surface area contributed by atoms with Crippen molar-refractivity contribution in [3.05, 3.63) is 47.8 Å². The molecule has 0 amide bonds. The molecule has 0 saturated carbocycles. The van der Waals surface area contributed by atoms with Crippen LogP contribution in [0.2, 0.25) is 0 Å². The van der Waals surface area contributed by atoms with Gasteiger partial charge in [0.25, 0.3) is 0 Å². The van der Waals surface area contributed by atoms with Crippen molar-refractivity contribution in [3.63, 3.8) is 0 Å². The first-order valence-corrected chi connectivity index (χ1v) is 10.5. The van der Waals surface area contributed by atoms with Gasteiger partial charge in [-0.05, 0) is 23.8 Å². The van der Waals surface area contributed by atoms with Crippen molar-refractivity contribution in [3.8, 4) is 0 Å². The number of primary sulfonamides is 1. The second-order valence-electron chi connectivity index (χ2n) is 6.71. The number of hydrogen-bond acceptors (Lipinski definition) is 7. The molecular formula is C18H22N6O3S. The number of anilines is 1. The van der Waals surface area contributed by atoms with E-state index in [1.807, 2.05) is 13.1 Å². The van der Waals surface area contributed by atoms with Gasteiger partial charge >= 0.3 is 0 Å². The summed E-state index contributed by atoms with van der Waals surface area (Å²) in [6, 6.07) is 8.48. The third-order valence-electron chi connectivity index (χ3n) is 4.72. The number of morpholine rings is 1. The molecule has 0 radical (unpaired) electrons. The van der Waals surface area contributed by atoms with Crippen molar-refractivity contribution in [2.75, 3.05) is 25.0 Å². The Morgan fingerprint density at radius 1 is 1.36 bits per heavy atom. The highest BCUT2D eigenvalue weighted by molar-refractivity contribution is 7.89. The number of hydrogen-bond donors (Lipinski definition) is 3. The maximum atomic E-state index is 11.4. The largest absolute Gasteiger partial charge is 0.380 e. The number of fused-ring (bicyclic) bond motifs is 1. The van der Waals surface area contributed by atoms with Crippen LogP contribution < -0.4 is 15.8 Å². The zero-order valence-corrected chi connectivity index (χ0v) is 16.2. The number of aryl methyl sites for hydroxylation is 1. The molecule has 9 nitrogen and oxygen atoms in total. The maximum Gasteiger partial charge on any atom is 0.238 e. The van der Waals surface area contributed by atoms with Crippen molar-refractivity contribution >= 4 is 26.7 Å². The summed E-state index contributed by atoms with van der Waals surface area (Å²) >= 11 is 0. The zero-order valence-electron chi connectivity index (χ0n) is 15.4. The van der Waals surface area contributed by atoms with Crippen molar-refractivity contribution in [2.24, 2.45) is 12.2 Å². The maximum absolute atomic E-state index is 11.4. The molecule has 0 bridgehead atoms. The van der Waals surface area contributed by atoms with Gasteiger partial charge in [0.1, 0.15) is 6.10 Å². The molecule has 2 aromatic heterocycles. The van der Waals surface area contributed by atoms with Crippen LogP contribution in [0.4, 0.5) is 5.69 Å². The van der Waals surface area contributed by atoms with Crippen LogP contribution in [0.1, 0.15) is 17.4 Å². The Bertz CT molecular complexity index is 1090. The number of nitrogens with zero attached hydrogens (tertiary/aromatic N) is 3. The van der Waals surface area contributed by atoms with Gasteiger partial charge in [-0.2, -0.15) is 5.10 Å². The van der Waals surface area contributed by atoms with Gasteiger partial charge in [-0.1, -0.05) is 12.1 Å². The summed E-state index contributed by atoms with van der Waals surface area (Å²) in [7, 11) is -1.83. The van der Waals surface area contributed by atoms with Gasteiger partial charge in [-0.3, -0.25) is 4.68 Å². The van der Waals surface area contributed by atoms with E-state index in [1.165, 1.54) is 12.1 Å². The molecule has 28 heavy (non-hydrogen) atoms. The van der Waals surface area contributed by atoms with Gasteiger partial charge in [-0.15, -0.1) is 0 Å². The van der Waals surface area contributed by atoms with Gasteiger partial charge in [0.2, 0.25) is 10.0 Å². The first kappa shape index (κ1) is 18.8. The number of sulfonamides is 1. The lowest BCUT2D eigenvalue weighted by molar-refractivity contribution is 0.0252. The Kier molecular flexibility index (Phi) is 5.02. The topological polar surface area (TPSA) is 124 Å². The first-order chi connectivity index (χ1) is 13.4. The van der Waals surface area contributed by atoms with Crippen LogP contribution in [0.15, 0.2) is 41.4 Å². The molecule has 1 aliphatic heterocycles. The quantitative estimate of drug-likeness (QED) is 0.579. The summed E-state index contributed by atoms with van der Waals surface area (Å²) in [4.78, 5) is 4.82. The van der Waals surface area contributed by atoms with Crippen molar-refractivity contribution in [1.29, 1.82) is 0 Å². The lowest BCUT2D eigenvalue weighted by atomic mass is 10.1. The molecule has 1 unspecified atom stereocenters. The number of rotatable bonds is 5. The predicted molar refractivity (Wildman–Crippen MR) is 105 cm³/mol. The van der Waals surface area contributed by atoms with Gasteiger partial charge in [0, 0.05) is 32.4 Å². The Balaban J connectivity index is 1.60. The molecule has 1 atom stereocenters. The van der Waals surface area contributed by atoms with Gasteiger partial charge in [-0.25, -0.2) is 18.5 Å². The molecule has 3 aromatic rings.